The molecule has 18 heteroatoms. The normalized spacial score (nSPS) is 22.2. The van der Waals surface area contributed by atoms with Gasteiger partial charge >= 0.3 is 12.1 Å². The van der Waals surface area contributed by atoms with Crippen LogP contribution in [0.5, 0.6) is 5.75 Å². The molecule has 11 rings (SSSR count). The van der Waals surface area contributed by atoms with E-state index in [-0.39, 0.29) is 57.3 Å². The number of aliphatic hydroxyl groups is 1. The van der Waals surface area contributed by atoms with E-state index in [9.17, 15) is 9.90 Å². The Bertz CT molecular complexity index is 3270. The Morgan fingerprint density at radius 1 is 0.784 bits per heavy atom. The Morgan fingerprint density at radius 3 is 2.27 bits per heavy atom. The van der Waals surface area contributed by atoms with Crippen molar-refractivity contribution in [2.75, 3.05) is 69.5 Å². The number of piperazine rings is 1. The topological polar surface area (TPSA) is 195 Å². The Labute approximate surface area is 426 Å². The van der Waals surface area contributed by atoms with E-state index in [2.05, 4.69) is 32.1 Å². The number of nitrogens with zero attached hydrogens (tertiary/aromatic N) is 9. The van der Waals surface area contributed by atoms with Gasteiger partial charge in [-0.25, -0.2) is 24.3 Å². The summed E-state index contributed by atoms with van der Waals surface area (Å²) in [5.41, 5.74) is 2.30. The maximum Gasteiger partial charge on any atom is 0.421 e. The van der Waals surface area contributed by atoms with Crippen LogP contribution in [0.25, 0.3) is 11.0 Å². The number of methoxy groups -OCH3 is 1. The highest BCUT2D eigenvalue weighted by molar-refractivity contribution is 6.23. The van der Waals surface area contributed by atoms with Crippen LogP contribution >= 0.6 is 0 Å². The first-order chi connectivity index (χ1) is 36.3. The monoisotopic (exact) mass is 993 g/mol. The number of morpholine rings is 1. The molecule has 4 aliphatic rings. The second-order valence-corrected chi connectivity index (χ2v) is 18.3. The maximum absolute atomic E-state index is 16.7. The molecule has 374 valence electrons. The lowest BCUT2D eigenvalue weighted by molar-refractivity contribution is -0.179. The molecule has 6 heterocycles. The van der Waals surface area contributed by atoms with Crippen LogP contribution < -0.4 is 14.5 Å². The number of carbonyl (C=O) groups excluding carboxylic acids is 4. The molecular weight excluding hydrogens is 943 g/mol. The molecule has 1 spiro atoms. The van der Waals surface area contributed by atoms with Crippen LogP contribution in [0, 0.1) is 17.8 Å². The predicted octanol–water partition coefficient (Wildman–Crippen LogP) is 5.44. The number of imide groups is 1. The van der Waals surface area contributed by atoms with Crippen LogP contribution in [0.1, 0.15) is 46.0 Å². The highest BCUT2D eigenvalue weighted by Crippen LogP contribution is 2.66. The second-order valence-electron chi connectivity index (χ2n) is 18.3. The molecular formula is C56H51N9O9. The van der Waals surface area contributed by atoms with Crippen molar-refractivity contribution >= 4 is 46.5 Å². The zero-order chi connectivity index (χ0) is 50.8. The van der Waals surface area contributed by atoms with Gasteiger partial charge in [-0.15, -0.1) is 5.10 Å². The Morgan fingerprint density at radius 2 is 1.51 bits per heavy atom. The predicted molar refractivity (Wildman–Crippen MR) is 269 cm³/mol. The Hall–Kier alpha value is -8.50. The first kappa shape index (κ1) is 47.8. The lowest BCUT2D eigenvalue weighted by atomic mass is 9.64. The van der Waals surface area contributed by atoms with Crippen molar-refractivity contribution in [1.29, 1.82) is 0 Å². The average molecular weight is 994 g/mol. The minimum Gasteiger partial charge on any atom is -0.491 e. The summed E-state index contributed by atoms with van der Waals surface area (Å²) in [5.74, 6) is 3.87. The fourth-order valence-electron chi connectivity index (χ4n) is 11.2. The van der Waals surface area contributed by atoms with Crippen LogP contribution in [-0.4, -0.2) is 130 Å². The summed E-state index contributed by atoms with van der Waals surface area (Å²) >= 11 is 0. The number of aliphatic hydroxyl groups excluding tert-OH is 1. The van der Waals surface area contributed by atoms with E-state index in [1.54, 1.807) is 64.4 Å². The summed E-state index contributed by atoms with van der Waals surface area (Å²) < 4.78 is 25.4. The zero-order valence-corrected chi connectivity index (χ0v) is 40.3. The molecule has 3 saturated heterocycles. The summed E-state index contributed by atoms with van der Waals surface area (Å²) in [6.45, 7) is 0.847. The van der Waals surface area contributed by atoms with Gasteiger partial charge in [0.1, 0.15) is 48.6 Å². The van der Waals surface area contributed by atoms with Crippen LogP contribution in [0.4, 0.5) is 16.4 Å². The highest BCUT2D eigenvalue weighted by atomic mass is 16.6. The molecule has 4 aliphatic heterocycles. The van der Waals surface area contributed by atoms with Gasteiger partial charge in [-0.3, -0.25) is 19.3 Å². The van der Waals surface area contributed by atoms with Gasteiger partial charge in [0.2, 0.25) is 17.8 Å². The first-order valence-electron chi connectivity index (χ1n) is 24.5. The molecule has 0 unspecified atom stereocenters. The molecule has 6 atom stereocenters. The summed E-state index contributed by atoms with van der Waals surface area (Å²) in [7, 11) is 1.47. The molecule has 2 aromatic heterocycles. The van der Waals surface area contributed by atoms with E-state index in [4.69, 9.17) is 18.9 Å². The lowest BCUT2D eigenvalue weighted by Gasteiger charge is -2.46. The summed E-state index contributed by atoms with van der Waals surface area (Å²) in [6.07, 6.45) is 1.39. The molecule has 7 aromatic rings. The van der Waals surface area contributed by atoms with Gasteiger partial charge in [0, 0.05) is 51.2 Å². The Kier molecular flexibility index (Phi) is 13.3. The molecule has 74 heavy (non-hydrogen) atoms. The quantitative estimate of drug-likeness (QED) is 0.0923. The van der Waals surface area contributed by atoms with Gasteiger partial charge < -0.3 is 33.9 Å². The number of aromatic nitrogens is 5. The number of fused-ring (bicyclic) bond motifs is 4. The minimum atomic E-state index is -2.07. The third-order valence-corrected chi connectivity index (χ3v) is 14.3. The van der Waals surface area contributed by atoms with Crippen molar-refractivity contribution in [3.8, 4) is 17.6 Å². The Balaban J connectivity index is 1.15. The summed E-state index contributed by atoms with van der Waals surface area (Å²) in [4.78, 5) is 78.9. The highest BCUT2D eigenvalue weighted by Gasteiger charge is 2.76. The van der Waals surface area contributed by atoms with Gasteiger partial charge in [-0.05, 0) is 70.8 Å². The smallest absolute Gasteiger partial charge is 0.421 e. The average Bonchev–Trinajstić information content (AvgIpc) is 4.09. The molecule has 3 amide bonds. The third-order valence-electron chi connectivity index (χ3n) is 14.3. The van der Waals surface area contributed by atoms with Crippen LogP contribution in [-0.2, 0) is 40.6 Å². The molecule has 0 radical (unpaired) electrons. The lowest BCUT2D eigenvalue weighted by Crippen LogP contribution is -2.59. The number of para-hydroxylation sites is 1. The van der Waals surface area contributed by atoms with Crippen molar-refractivity contribution in [3.05, 3.63) is 174 Å². The van der Waals surface area contributed by atoms with E-state index in [0.717, 1.165) is 16.0 Å². The number of carbonyl (C=O) groups is 4. The molecule has 0 aliphatic carbocycles. The van der Waals surface area contributed by atoms with E-state index in [1.807, 2.05) is 101 Å². The number of hydrogen-bond donors (Lipinski definition) is 1. The number of benzene rings is 5. The molecule has 3 fully saturated rings. The zero-order valence-electron chi connectivity index (χ0n) is 40.3. The number of amides is 3. The van der Waals surface area contributed by atoms with Gasteiger partial charge in [-0.2, -0.15) is 0 Å². The van der Waals surface area contributed by atoms with E-state index in [0.29, 0.717) is 47.0 Å². The molecule has 0 saturated carbocycles. The fraction of sp³-hybridized carbons (Fsp3) is 0.286. The van der Waals surface area contributed by atoms with Crippen LogP contribution in [0.15, 0.2) is 146 Å². The van der Waals surface area contributed by atoms with Gasteiger partial charge in [-0.1, -0.05) is 102 Å². The van der Waals surface area contributed by atoms with E-state index < -0.39 is 59.4 Å². The van der Waals surface area contributed by atoms with E-state index in [1.165, 1.54) is 7.11 Å². The van der Waals surface area contributed by atoms with Crippen molar-refractivity contribution in [2.24, 2.45) is 5.92 Å². The van der Waals surface area contributed by atoms with Crippen molar-refractivity contribution in [1.82, 2.24) is 34.8 Å². The van der Waals surface area contributed by atoms with Crippen LogP contribution in [0.3, 0.4) is 0 Å². The molecule has 5 aromatic carbocycles. The number of hydrogen-bond acceptors (Lipinski definition) is 15. The fourth-order valence-corrected chi connectivity index (χ4v) is 11.2. The summed E-state index contributed by atoms with van der Waals surface area (Å²) in [6, 6.07) is 37.0. The van der Waals surface area contributed by atoms with Gasteiger partial charge in [0.05, 0.1) is 42.4 Å². The number of esters is 1. The number of rotatable bonds is 12. The minimum absolute atomic E-state index is 0.0307. The molecule has 1 N–H and O–H groups in total. The number of ether oxygens (including phenoxy) is 4. The first-order valence-corrected chi connectivity index (χ1v) is 24.5. The molecule has 0 bridgehead atoms. The largest absolute Gasteiger partial charge is 0.491 e. The second kappa shape index (κ2) is 20.5. The summed E-state index contributed by atoms with van der Waals surface area (Å²) in [5, 5.41) is 18.5. The molecule has 18 nitrogen and oxygen atoms in total. The van der Waals surface area contributed by atoms with Crippen molar-refractivity contribution in [2.45, 2.75) is 36.2 Å². The van der Waals surface area contributed by atoms with Crippen molar-refractivity contribution in [3.63, 3.8) is 0 Å². The third kappa shape index (κ3) is 8.43. The van der Waals surface area contributed by atoms with Gasteiger partial charge in [0.15, 0.2) is 0 Å². The van der Waals surface area contributed by atoms with Crippen molar-refractivity contribution < 1.29 is 43.2 Å². The van der Waals surface area contributed by atoms with Gasteiger partial charge in [0.25, 0.3) is 0 Å². The van der Waals surface area contributed by atoms with E-state index >= 15 is 14.4 Å². The number of anilines is 2. The SMILES string of the molecule is COCCOC(=O)N1C(=O)[C@@]2(c3cc(C#CCn4nnc5ccccc54)ccc31)[C@H](c1cccc(OCCO)c1)N1[C@H](c3ccccc3)[C@H](c3ccccc3)OC(=O)[C@H]1[C@@H]2C(=O)N1CCN(c2ncccn2)CC1. The maximum atomic E-state index is 16.7. The number of cyclic esters (lactones) is 1. The standard InChI is InChI=1S/C56H51N9O9/c1-71-33-34-73-55(70)64-44-23-22-37(13-11-26-63-45-21-9-8-20-43(45)59-60-63)35-42(44)56(53(64)69)46(51(67)61-27-29-62(30-28-61)54-57-24-12-25-58-54)48-52(68)74-49(39-16-6-3-7-17-39)47(38-14-4-2-5-15-38)65(48)50(56)40-18-10-19-41(36-40)72-32-31-66/h2-10,12,14-25,35-36,46-50,66H,26-34H2,1H3/t46-,47-,48-,49+,50+,56-/m1/s1. The van der Waals surface area contributed by atoms with Crippen LogP contribution in [0.2, 0.25) is 0 Å².